The number of benzene rings is 1. The van der Waals surface area contributed by atoms with E-state index in [1.165, 1.54) is 0 Å². The SMILES string of the molecule is CC(N)CCN=O.O=CNCc1ccccc1. The van der Waals surface area contributed by atoms with Crippen LogP contribution < -0.4 is 11.1 Å². The van der Waals surface area contributed by atoms with E-state index in [1.807, 2.05) is 37.3 Å². The van der Waals surface area contributed by atoms with E-state index in [0.717, 1.165) is 5.56 Å². The zero-order valence-corrected chi connectivity index (χ0v) is 10.0. The van der Waals surface area contributed by atoms with Crippen molar-refractivity contribution in [2.45, 2.75) is 25.9 Å². The Morgan fingerprint density at radius 3 is 2.47 bits per heavy atom. The van der Waals surface area contributed by atoms with Gasteiger partial charge in [-0.1, -0.05) is 35.5 Å². The Morgan fingerprint density at radius 1 is 1.41 bits per heavy atom. The number of nitrogens with two attached hydrogens (primary N) is 1. The van der Waals surface area contributed by atoms with Gasteiger partial charge < -0.3 is 11.1 Å². The molecule has 5 nitrogen and oxygen atoms in total. The lowest BCUT2D eigenvalue weighted by Gasteiger charge is -1.96. The van der Waals surface area contributed by atoms with Gasteiger partial charge in [-0.15, -0.1) is 0 Å². The normalized spacial score (nSPS) is 10.7. The van der Waals surface area contributed by atoms with E-state index >= 15 is 0 Å². The summed E-state index contributed by atoms with van der Waals surface area (Å²) in [5.41, 5.74) is 6.40. The lowest BCUT2D eigenvalue weighted by atomic mass is 10.2. The van der Waals surface area contributed by atoms with Crippen molar-refractivity contribution < 1.29 is 4.79 Å². The third-order valence-electron chi connectivity index (χ3n) is 1.91. The third-order valence-corrected chi connectivity index (χ3v) is 1.91. The van der Waals surface area contributed by atoms with Crippen molar-refractivity contribution in [2.24, 2.45) is 10.9 Å². The predicted octanol–water partition coefficient (Wildman–Crippen LogP) is 1.42. The van der Waals surface area contributed by atoms with Gasteiger partial charge in [-0.2, -0.15) is 4.91 Å². The van der Waals surface area contributed by atoms with Crippen molar-refractivity contribution in [3.05, 3.63) is 40.8 Å². The van der Waals surface area contributed by atoms with Gasteiger partial charge in [0.1, 0.15) is 0 Å². The molecule has 0 saturated carbocycles. The molecule has 3 N–H and O–H groups in total. The van der Waals surface area contributed by atoms with Crippen molar-refractivity contribution in [2.75, 3.05) is 6.54 Å². The van der Waals surface area contributed by atoms with Gasteiger partial charge in [0, 0.05) is 12.6 Å². The summed E-state index contributed by atoms with van der Waals surface area (Å²) in [4.78, 5) is 19.3. The van der Waals surface area contributed by atoms with Crippen molar-refractivity contribution in [3.8, 4) is 0 Å². The molecular weight excluding hydrogens is 218 g/mol. The number of carbonyl (C=O) groups excluding carboxylic acids is 1. The molecule has 0 heterocycles. The number of amides is 1. The van der Waals surface area contributed by atoms with Gasteiger partial charge in [0.05, 0.1) is 6.54 Å². The van der Waals surface area contributed by atoms with E-state index in [1.54, 1.807) is 0 Å². The van der Waals surface area contributed by atoms with Gasteiger partial charge in [0.25, 0.3) is 0 Å². The highest BCUT2D eigenvalue weighted by molar-refractivity contribution is 5.46. The van der Waals surface area contributed by atoms with Crippen LogP contribution in [0, 0.1) is 4.91 Å². The second-order valence-corrected chi connectivity index (χ2v) is 3.60. The minimum absolute atomic E-state index is 0.109. The highest BCUT2D eigenvalue weighted by Gasteiger charge is 1.89. The van der Waals surface area contributed by atoms with E-state index in [0.29, 0.717) is 25.9 Å². The number of nitrogens with zero attached hydrogens (tertiary/aromatic N) is 1. The molecule has 0 aliphatic carbocycles. The smallest absolute Gasteiger partial charge is 0.207 e. The van der Waals surface area contributed by atoms with Crippen LogP contribution in [-0.2, 0) is 11.3 Å². The zero-order chi connectivity index (χ0) is 12.9. The maximum absolute atomic E-state index is 9.87. The molecule has 0 aliphatic heterocycles. The summed E-state index contributed by atoms with van der Waals surface area (Å²) in [5.74, 6) is 0. The quantitative estimate of drug-likeness (QED) is 0.579. The van der Waals surface area contributed by atoms with E-state index in [2.05, 4.69) is 10.5 Å². The number of hydrogen-bond acceptors (Lipinski definition) is 4. The highest BCUT2D eigenvalue weighted by Crippen LogP contribution is 1.95. The van der Waals surface area contributed by atoms with Gasteiger partial charge in [-0.3, -0.25) is 4.79 Å². The van der Waals surface area contributed by atoms with Crippen LogP contribution in [-0.4, -0.2) is 19.0 Å². The maximum Gasteiger partial charge on any atom is 0.207 e. The molecule has 17 heavy (non-hydrogen) atoms. The van der Waals surface area contributed by atoms with Crippen LogP contribution in [0.4, 0.5) is 0 Å². The Kier molecular flexibility index (Phi) is 9.65. The van der Waals surface area contributed by atoms with E-state index in [-0.39, 0.29) is 6.04 Å². The Balaban J connectivity index is 0.000000325. The first-order valence-electron chi connectivity index (χ1n) is 5.46. The predicted molar refractivity (Wildman–Crippen MR) is 68.3 cm³/mol. The summed E-state index contributed by atoms with van der Waals surface area (Å²) in [6.45, 7) is 2.81. The summed E-state index contributed by atoms with van der Waals surface area (Å²) in [7, 11) is 0. The van der Waals surface area contributed by atoms with Gasteiger partial charge in [0.15, 0.2) is 0 Å². The average Bonchev–Trinajstić information content (AvgIpc) is 2.36. The fourth-order valence-electron chi connectivity index (χ4n) is 1.01. The average molecular weight is 237 g/mol. The first-order valence-corrected chi connectivity index (χ1v) is 5.46. The Hall–Kier alpha value is -1.75. The number of rotatable bonds is 6. The lowest BCUT2D eigenvalue weighted by molar-refractivity contribution is -0.109. The Morgan fingerprint density at radius 2 is 2.06 bits per heavy atom. The van der Waals surface area contributed by atoms with E-state index < -0.39 is 0 Å². The van der Waals surface area contributed by atoms with Crippen molar-refractivity contribution in [1.82, 2.24) is 5.32 Å². The van der Waals surface area contributed by atoms with Crippen molar-refractivity contribution in [3.63, 3.8) is 0 Å². The highest BCUT2D eigenvalue weighted by atomic mass is 16.3. The largest absolute Gasteiger partial charge is 0.355 e. The first-order chi connectivity index (χ1) is 8.20. The van der Waals surface area contributed by atoms with Gasteiger partial charge in [-0.05, 0) is 18.9 Å². The second kappa shape index (κ2) is 10.8. The topological polar surface area (TPSA) is 84.5 Å². The summed E-state index contributed by atoms with van der Waals surface area (Å²) in [6, 6.07) is 9.89. The van der Waals surface area contributed by atoms with Gasteiger partial charge in [-0.25, -0.2) is 0 Å². The molecular formula is C12H19N3O2. The van der Waals surface area contributed by atoms with Gasteiger partial charge >= 0.3 is 0 Å². The fourth-order valence-corrected chi connectivity index (χ4v) is 1.01. The minimum atomic E-state index is 0.109. The zero-order valence-electron chi connectivity index (χ0n) is 10.0. The fraction of sp³-hybridized carbons (Fsp3) is 0.417. The van der Waals surface area contributed by atoms with Crippen LogP contribution >= 0.6 is 0 Å². The Bertz CT molecular complexity index is 302. The third kappa shape index (κ3) is 10.5. The summed E-state index contributed by atoms with van der Waals surface area (Å²) in [6.07, 6.45) is 1.40. The molecule has 5 heteroatoms. The van der Waals surface area contributed by atoms with Crippen LogP contribution in [0.5, 0.6) is 0 Å². The van der Waals surface area contributed by atoms with Crippen LogP contribution in [0.3, 0.4) is 0 Å². The van der Waals surface area contributed by atoms with Gasteiger partial charge in [0.2, 0.25) is 6.41 Å². The molecule has 0 saturated heterocycles. The second-order valence-electron chi connectivity index (χ2n) is 3.60. The molecule has 1 atom stereocenters. The van der Waals surface area contributed by atoms with E-state index in [9.17, 15) is 9.70 Å². The number of hydrogen-bond donors (Lipinski definition) is 2. The van der Waals surface area contributed by atoms with E-state index in [4.69, 9.17) is 5.73 Å². The Labute approximate surface area is 101 Å². The van der Waals surface area contributed by atoms with Crippen LogP contribution in [0.15, 0.2) is 35.5 Å². The molecule has 1 unspecified atom stereocenters. The number of nitroso groups, excluding NO2 is 1. The van der Waals surface area contributed by atoms with Crippen LogP contribution in [0.1, 0.15) is 18.9 Å². The van der Waals surface area contributed by atoms with Crippen LogP contribution in [0.25, 0.3) is 0 Å². The standard InChI is InChI=1S/C8H9NO.C4H10N2O/c10-7-9-6-8-4-2-1-3-5-8;1-4(5)2-3-6-7/h1-5,7H,6H2,(H,9,10);4H,2-3,5H2,1H3. The number of nitrogens with one attached hydrogen (secondary N) is 1. The number of carbonyl (C=O) groups is 1. The minimum Gasteiger partial charge on any atom is -0.355 e. The molecule has 1 amide bonds. The molecule has 0 bridgehead atoms. The summed E-state index contributed by atoms with van der Waals surface area (Å²) < 4.78 is 0. The monoisotopic (exact) mass is 237 g/mol. The summed E-state index contributed by atoms with van der Waals surface area (Å²) >= 11 is 0. The molecule has 94 valence electrons. The summed E-state index contributed by atoms with van der Waals surface area (Å²) in [5, 5.41) is 5.23. The molecule has 1 aromatic rings. The lowest BCUT2D eigenvalue weighted by Crippen LogP contribution is -2.15. The molecule has 0 aliphatic rings. The van der Waals surface area contributed by atoms with Crippen LogP contribution in [0.2, 0.25) is 0 Å². The molecule has 0 radical (unpaired) electrons. The molecule has 0 spiro atoms. The van der Waals surface area contributed by atoms with Crippen molar-refractivity contribution in [1.29, 1.82) is 0 Å². The molecule has 1 aromatic carbocycles. The van der Waals surface area contributed by atoms with Crippen molar-refractivity contribution >= 4 is 6.41 Å². The molecule has 0 aromatic heterocycles. The molecule has 0 fully saturated rings. The molecule has 1 rings (SSSR count). The first kappa shape index (κ1) is 15.2. The maximum atomic E-state index is 9.87.